The molecule has 0 aliphatic heterocycles. The van der Waals surface area contributed by atoms with Gasteiger partial charge in [-0.15, -0.1) is 13.2 Å². The molecule has 30 heavy (non-hydrogen) atoms. The number of nitrogens with one attached hydrogen (secondary N) is 1. The van der Waals surface area contributed by atoms with Gasteiger partial charge in [0.25, 0.3) is 5.69 Å². The average molecular weight is 420 g/mol. The number of para-hydroxylation sites is 1. The van der Waals surface area contributed by atoms with Gasteiger partial charge in [0.15, 0.2) is 0 Å². The number of alkyl halides is 3. The Morgan fingerprint density at radius 1 is 1.13 bits per heavy atom. The van der Waals surface area contributed by atoms with E-state index in [1.165, 1.54) is 36.4 Å². The minimum atomic E-state index is -4.86. The van der Waals surface area contributed by atoms with E-state index in [0.717, 1.165) is 12.1 Å². The van der Waals surface area contributed by atoms with Crippen molar-refractivity contribution in [2.75, 3.05) is 6.61 Å². The van der Waals surface area contributed by atoms with Crippen molar-refractivity contribution in [2.45, 2.75) is 13.3 Å². The first-order chi connectivity index (χ1) is 14.2. The van der Waals surface area contributed by atoms with Crippen LogP contribution in [0.3, 0.4) is 0 Å². The number of nitro benzene ring substituents is 1. The third-order valence-electron chi connectivity index (χ3n) is 4.06. The van der Waals surface area contributed by atoms with Crippen molar-refractivity contribution in [3.05, 3.63) is 70.3 Å². The molecule has 156 valence electrons. The molecule has 0 atom stereocenters. The van der Waals surface area contributed by atoms with Gasteiger partial charge in [0, 0.05) is 17.3 Å². The smallest absolute Gasteiger partial charge is 0.462 e. The normalized spacial score (nSPS) is 11.2. The van der Waals surface area contributed by atoms with E-state index in [-0.39, 0.29) is 40.4 Å². The Kier molecular flexibility index (Phi) is 5.77. The summed E-state index contributed by atoms with van der Waals surface area (Å²) in [5.41, 5.74) is 0.581. The summed E-state index contributed by atoms with van der Waals surface area (Å²) in [5.74, 6) is -1.17. The lowest BCUT2D eigenvalue weighted by Crippen LogP contribution is -2.17. The van der Waals surface area contributed by atoms with Crippen LogP contribution in [-0.4, -0.2) is 28.8 Å². The van der Waals surface area contributed by atoms with Crippen molar-refractivity contribution in [1.29, 1.82) is 0 Å². The van der Waals surface area contributed by atoms with Crippen LogP contribution in [0, 0.1) is 10.1 Å². The Bertz CT molecular complexity index is 1090. The molecule has 0 amide bonds. The van der Waals surface area contributed by atoms with E-state index in [0.29, 0.717) is 0 Å². The molecule has 0 fully saturated rings. The SMILES string of the molecule is CCOC(=O)c1cc(-c2cccc(OC(F)(F)F)c2)[nH]c1-c1ccccc1[N+](=O)[O-]. The molecule has 2 aromatic carbocycles. The van der Waals surface area contributed by atoms with E-state index in [1.807, 2.05) is 0 Å². The zero-order valence-electron chi connectivity index (χ0n) is 15.5. The van der Waals surface area contributed by atoms with Crippen molar-refractivity contribution >= 4 is 11.7 Å². The molecule has 3 aromatic rings. The topological polar surface area (TPSA) is 94.5 Å². The highest BCUT2D eigenvalue weighted by atomic mass is 19.4. The van der Waals surface area contributed by atoms with Gasteiger partial charge < -0.3 is 14.5 Å². The van der Waals surface area contributed by atoms with Crippen LogP contribution in [0.25, 0.3) is 22.5 Å². The quantitative estimate of drug-likeness (QED) is 0.330. The Hall–Kier alpha value is -3.82. The number of carbonyl (C=O) groups is 1. The van der Waals surface area contributed by atoms with E-state index < -0.39 is 23.0 Å². The molecule has 10 heteroatoms. The lowest BCUT2D eigenvalue weighted by atomic mass is 10.1. The minimum Gasteiger partial charge on any atom is -0.462 e. The monoisotopic (exact) mass is 420 g/mol. The molecular formula is C20H15F3N2O5. The number of rotatable bonds is 6. The summed E-state index contributed by atoms with van der Waals surface area (Å²) in [6.07, 6.45) is -4.86. The van der Waals surface area contributed by atoms with Crippen LogP contribution >= 0.6 is 0 Å². The number of aromatic nitrogens is 1. The molecule has 0 aliphatic carbocycles. The van der Waals surface area contributed by atoms with Crippen molar-refractivity contribution in [3.8, 4) is 28.3 Å². The van der Waals surface area contributed by atoms with E-state index in [4.69, 9.17) is 4.74 Å². The lowest BCUT2D eigenvalue weighted by Gasteiger charge is -2.09. The number of esters is 1. The number of hydrogen-bond acceptors (Lipinski definition) is 5. The van der Waals surface area contributed by atoms with Gasteiger partial charge in [-0.2, -0.15) is 0 Å². The summed E-state index contributed by atoms with van der Waals surface area (Å²) in [6, 6.07) is 12.3. The predicted molar refractivity (Wildman–Crippen MR) is 101 cm³/mol. The van der Waals surface area contributed by atoms with Gasteiger partial charge in [-0.1, -0.05) is 24.3 Å². The second kappa shape index (κ2) is 8.27. The molecule has 7 nitrogen and oxygen atoms in total. The molecule has 0 bridgehead atoms. The standard InChI is InChI=1S/C20H15F3N2O5/c1-2-29-19(26)15-11-16(12-6-5-7-13(10-12)30-20(21,22)23)24-18(15)14-8-3-4-9-17(14)25(27)28/h3-11,24H,2H2,1H3. The molecule has 0 spiro atoms. The maximum atomic E-state index is 12.5. The third kappa shape index (κ3) is 4.59. The van der Waals surface area contributed by atoms with Crippen LogP contribution in [0.5, 0.6) is 5.75 Å². The van der Waals surface area contributed by atoms with Crippen molar-refractivity contribution in [3.63, 3.8) is 0 Å². The Balaban J connectivity index is 2.14. The summed E-state index contributed by atoms with van der Waals surface area (Å²) in [5, 5.41) is 11.4. The Labute approximate surface area is 168 Å². The van der Waals surface area contributed by atoms with Crippen LogP contribution in [-0.2, 0) is 4.74 Å². The van der Waals surface area contributed by atoms with E-state index in [1.54, 1.807) is 13.0 Å². The molecule has 1 heterocycles. The largest absolute Gasteiger partial charge is 0.573 e. The maximum absolute atomic E-state index is 12.5. The Morgan fingerprint density at radius 2 is 1.87 bits per heavy atom. The molecule has 0 radical (unpaired) electrons. The maximum Gasteiger partial charge on any atom is 0.573 e. The molecular weight excluding hydrogens is 405 g/mol. The number of aromatic amines is 1. The van der Waals surface area contributed by atoms with Crippen molar-refractivity contribution < 1.29 is 32.4 Å². The molecule has 0 aliphatic rings. The highest BCUT2D eigenvalue weighted by Crippen LogP contribution is 2.36. The van der Waals surface area contributed by atoms with Gasteiger partial charge in [-0.3, -0.25) is 10.1 Å². The molecule has 1 N–H and O–H groups in total. The van der Waals surface area contributed by atoms with Gasteiger partial charge in [0.1, 0.15) is 5.75 Å². The van der Waals surface area contributed by atoms with Crippen LogP contribution in [0.1, 0.15) is 17.3 Å². The zero-order valence-corrected chi connectivity index (χ0v) is 15.5. The summed E-state index contributed by atoms with van der Waals surface area (Å²) in [6.45, 7) is 1.68. The number of ether oxygens (including phenoxy) is 2. The van der Waals surface area contributed by atoms with E-state index in [9.17, 15) is 28.1 Å². The molecule has 0 saturated carbocycles. The van der Waals surface area contributed by atoms with Gasteiger partial charge in [-0.25, -0.2) is 4.79 Å². The Morgan fingerprint density at radius 3 is 2.53 bits per heavy atom. The molecule has 0 saturated heterocycles. The molecule has 3 rings (SSSR count). The second-order valence-electron chi connectivity index (χ2n) is 6.04. The van der Waals surface area contributed by atoms with Gasteiger partial charge in [-0.05, 0) is 31.2 Å². The van der Waals surface area contributed by atoms with Crippen LogP contribution < -0.4 is 4.74 Å². The third-order valence-corrected chi connectivity index (χ3v) is 4.06. The van der Waals surface area contributed by atoms with Gasteiger partial charge >= 0.3 is 12.3 Å². The van der Waals surface area contributed by atoms with E-state index in [2.05, 4.69) is 9.72 Å². The zero-order chi connectivity index (χ0) is 21.9. The highest BCUT2D eigenvalue weighted by Gasteiger charge is 2.31. The van der Waals surface area contributed by atoms with Crippen LogP contribution in [0.4, 0.5) is 18.9 Å². The summed E-state index contributed by atoms with van der Waals surface area (Å²) in [7, 11) is 0. The van der Waals surface area contributed by atoms with Crippen LogP contribution in [0.2, 0.25) is 0 Å². The first kappa shape index (κ1) is 20.9. The number of hydrogen-bond donors (Lipinski definition) is 1. The number of nitro groups is 1. The first-order valence-electron chi connectivity index (χ1n) is 8.69. The van der Waals surface area contributed by atoms with Crippen molar-refractivity contribution in [2.24, 2.45) is 0 Å². The summed E-state index contributed by atoms with van der Waals surface area (Å²) in [4.78, 5) is 26.1. The fourth-order valence-electron chi connectivity index (χ4n) is 2.90. The van der Waals surface area contributed by atoms with Crippen LogP contribution in [0.15, 0.2) is 54.6 Å². The van der Waals surface area contributed by atoms with E-state index >= 15 is 0 Å². The van der Waals surface area contributed by atoms with Gasteiger partial charge in [0.2, 0.25) is 0 Å². The lowest BCUT2D eigenvalue weighted by molar-refractivity contribution is -0.384. The highest BCUT2D eigenvalue weighted by molar-refractivity contribution is 5.99. The minimum absolute atomic E-state index is 0.0169. The predicted octanol–water partition coefficient (Wildman–Crippen LogP) is 5.33. The second-order valence-corrected chi connectivity index (χ2v) is 6.04. The number of nitrogens with zero attached hydrogens (tertiary/aromatic N) is 1. The summed E-state index contributed by atoms with van der Waals surface area (Å²) >= 11 is 0. The molecule has 1 aromatic heterocycles. The fourth-order valence-corrected chi connectivity index (χ4v) is 2.90. The van der Waals surface area contributed by atoms with Crippen molar-refractivity contribution in [1.82, 2.24) is 4.98 Å². The number of halogens is 3. The summed E-state index contributed by atoms with van der Waals surface area (Å²) < 4.78 is 46.5. The number of carbonyl (C=O) groups excluding carboxylic acids is 1. The first-order valence-corrected chi connectivity index (χ1v) is 8.69. The average Bonchev–Trinajstić information content (AvgIpc) is 3.12. The number of H-pyrrole nitrogens is 1. The fraction of sp³-hybridized carbons (Fsp3) is 0.150. The van der Waals surface area contributed by atoms with Gasteiger partial charge in [0.05, 0.1) is 28.4 Å². The molecule has 0 unspecified atom stereocenters. The number of benzene rings is 2.